The first-order valence-corrected chi connectivity index (χ1v) is 8.91. The molecule has 0 aliphatic carbocycles. The van der Waals surface area contributed by atoms with Crippen LogP contribution in [0.4, 0.5) is 0 Å². The maximum Gasteiger partial charge on any atom is 2.00 e. The van der Waals surface area contributed by atoms with Gasteiger partial charge in [-0.15, -0.1) is 11.6 Å². The molecule has 0 rings (SSSR count). The van der Waals surface area contributed by atoms with Crippen LogP contribution in [0.5, 0.6) is 0 Å². The Hall–Kier alpha value is 0.906. The molecule has 0 fully saturated rings. The Labute approximate surface area is 161 Å². The summed E-state index contributed by atoms with van der Waals surface area (Å²) >= 11 is 5.65. The van der Waals surface area contributed by atoms with E-state index in [2.05, 4.69) is 5.92 Å². The predicted molar refractivity (Wildman–Crippen MR) is 92.9 cm³/mol. The average Bonchev–Trinajstić information content (AvgIpc) is 2.43. The number of halogens is 2. The third-order valence-corrected chi connectivity index (χ3v) is 3.95. The Morgan fingerprint density at radius 1 is 0.571 bits per heavy atom. The van der Waals surface area contributed by atoms with Gasteiger partial charge in [-0.2, -0.15) is 0 Å². The molecular formula is C18H32Cl2Mg. The summed E-state index contributed by atoms with van der Waals surface area (Å²) in [6, 6.07) is 0. The molecule has 0 N–H and O–H groups in total. The normalized spacial score (nSPS) is 9.52. The quantitative estimate of drug-likeness (QED) is 0.141. The molecule has 0 aliphatic heterocycles. The fraction of sp³-hybridized carbons (Fsp3) is 0.889. The molecule has 0 aromatic rings. The van der Waals surface area contributed by atoms with E-state index in [4.69, 9.17) is 18.0 Å². The van der Waals surface area contributed by atoms with Crippen LogP contribution >= 0.6 is 11.6 Å². The van der Waals surface area contributed by atoms with Gasteiger partial charge in [0.15, 0.2) is 0 Å². The summed E-state index contributed by atoms with van der Waals surface area (Å²) in [5, 5.41) is 0. The zero-order valence-corrected chi connectivity index (χ0v) is 16.7. The Kier molecular flexibility index (Phi) is 33.0. The van der Waals surface area contributed by atoms with Gasteiger partial charge in [0, 0.05) is 5.88 Å². The van der Waals surface area contributed by atoms with Gasteiger partial charge in [-0.3, -0.25) is 0 Å². The molecule has 120 valence electrons. The van der Waals surface area contributed by atoms with Crippen LogP contribution in [0, 0.1) is 12.3 Å². The molecule has 0 spiro atoms. The van der Waals surface area contributed by atoms with Crippen LogP contribution in [0.2, 0.25) is 0 Å². The van der Waals surface area contributed by atoms with Crippen molar-refractivity contribution < 1.29 is 12.4 Å². The molecule has 0 aromatic carbocycles. The molecule has 0 atom stereocenters. The van der Waals surface area contributed by atoms with E-state index in [1.807, 2.05) is 0 Å². The largest absolute Gasteiger partial charge is 2.00 e. The second-order valence-electron chi connectivity index (χ2n) is 5.57. The van der Waals surface area contributed by atoms with Crippen molar-refractivity contribution in [1.82, 2.24) is 0 Å². The topological polar surface area (TPSA) is 0 Å². The van der Waals surface area contributed by atoms with Crippen molar-refractivity contribution in [3.63, 3.8) is 0 Å². The van der Waals surface area contributed by atoms with Gasteiger partial charge in [-0.05, 0) is 19.3 Å². The van der Waals surface area contributed by atoms with Crippen LogP contribution in [0.25, 0.3) is 0 Å². The van der Waals surface area contributed by atoms with E-state index in [1.165, 1.54) is 83.5 Å². The first-order chi connectivity index (χ1) is 9.41. The Bertz CT molecular complexity index is 202. The van der Waals surface area contributed by atoms with Gasteiger partial charge in [0.2, 0.25) is 0 Å². The molecule has 0 nitrogen and oxygen atoms in total. The van der Waals surface area contributed by atoms with Crippen molar-refractivity contribution in [2.75, 3.05) is 5.88 Å². The Balaban J connectivity index is -0.00000162. The van der Waals surface area contributed by atoms with E-state index in [-0.39, 0.29) is 35.5 Å². The third kappa shape index (κ3) is 26.1. The van der Waals surface area contributed by atoms with Gasteiger partial charge in [0.25, 0.3) is 0 Å². The predicted octanol–water partition coefficient (Wildman–Crippen LogP) is 3.29. The summed E-state index contributed by atoms with van der Waals surface area (Å²) in [5.74, 6) is 3.29. The fourth-order valence-corrected chi connectivity index (χ4v) is 2.62. The van der Waals surface area contributed by atoms with Crippen LogP contribution in [0.3, 0.4) is 0 Å². The van der Waals surface area contributed by atoms with Crippen molar-refractivity contribution in [1.29, 1.82) is 0 Å². The van der Waals surface area contributed by atoms with Crippen molar-refractivity contribution in [3.8, 4) is 5.92 Å². The minimum Gasteiger partial charge on any atom is -1.00 e. The monoisotopic (exact) mass is 342 g/mol. The summed E-state index contributed by atoms with van der Waals surface area (Å²) in [5.41, 5.74) is 0. The summed E-state index contributed by atoms with van der Waals surface area (Å²) in [6.07, 6.45) is 26.7. The number of unbranched alkanes of at least 4 members (excludes halogenated alkanes) is 14. The average molecular weight is 344 g/mol. The molecule has 0 aromatic heterocycles. The number of hydrogen-bond donors (Lipinski definition) is 0. The molecule has 3 heteroatoms. The Morgan fingerprint density at radius 2 is 0.857 bits per heavy atom. The fourth-order valence-electron chi connectivity index (χ4n) is 2.43. The minimum atomic E-state index is 0. The van der Waals surface area contributed by atoms with E-state index >= 15 is 0 Å². The van der Waals surface area contributed by atoms with Crippen molar-refractivity contribution >= 4 is 34.7 Å². The van der Waals surface area contributed by atoms with E-state index in [0.29, 0.717) is 0 Å². The smallest absolute Gasteiger partial charge is 1.00 e. The zero-order valence-electron chi connectivity index (χ0n) is 13.8. The minimum absolute atomic E-state index is 0. The molecule has 0 aliphatic rings. The third-order valence-electron chi connectivity index (χ3n) is 3.69. The first kappa shape index (κ1) is 26.8. The van der Waals surface area contributed by atoms with Crippen molar-refractivity contribution in [2.24, 2.45) is 0 Å². The van der Waals surface area contributed by atoms with Crippen LogP contribution in [-0.2, 0) is 0 Å². The van der Waals surface area contributed by atoms with E-state index < -0.39 is 0 Å². The van der Waals surface area contributed by atoms with Gasteiger partial charge >= 0.3 is 23.1 Å². The Morgan fingerprint density at radius 3 is 1.14 bits per heavy atom. The molecular weight excluding hydrogens is 311 g/mol. The van der Waals surface area contributed by atoms with E-state index in [9.17, 15) is 0 Å². The molecule has 0 amide bonds. The molecule has 0 radical (unpaired) electrons. The molecule has 0 unspecified atom stereocenters. The molecule has 0 bridgehead atoms. The van der Waals surface area contributed by atoms with Crippen molar-refractivity contribution in [3.05, 3.63) is 6.42 Å². The molecule has 21 heavy (non-hydrogen) atoms. The van der Waals surface area contributed by atoms with Gasteiger partial charge in [-0.1, -0.05) is 77.0 Å². The van der Waals surface area contributed by atoms with Gasteiger partial charge in [0.05, 0.1) is 0 Å². The number of rotatable bonds is 15. The zero-order chi connectivity index (χ0) is 14.0. The number of alkyl halides is 1. The molecule has 0 saturated heterocycles. The maximum atomic E-state index is 6.82. The van der Waals surface area contributed by atoms with E-state index in [1.54, 1.807) is 0 Å². The van der Waals surface area contributed by atoms with E-state index in [0.717, 1.165) is 18.7 Å². The molecule has 0 heterocycles. The SMILES string of the molecule is [C-]#CCCCCCCCCCCCCCCCCCl.[Cl-].[Mg+2]. The standard InChI is InChI=1S/C18H32Cl.ClH.Mg/c1-2-3-4-5-6-7-8-9-10-11-12-13-14-15-16-17-18-19;;/h3-18H2;1H;/q-1;;+2/p-1. The van der Waals surface area contributed by atoms with Crippen LogP contribution in [0.15, 0.2) is 0 Å². The van der Waals surface area contributed by atoms with Crippen LogP contribution in [0.1, 0.15) is 96.3 Å². The summed E-state index contributed by atoms with van der Waals surface area (Å²) in [4.78, 5) is 0. The first-order valence-electron chi connectivity index (χ1n) is 8.37. The summed E-state index contributed by atoms with van der Waals surface area (Å²) < 4.78 is 0. The van der Waals surface area contributed by atoms with Crippen LogP contribution in [-0.4, -0.2) is 28.9 Å². The van der Waals surface area contributed by atoms with Gasteiger partial charge in [-0.25, -0.2) is 0 Å². The van der Waals surface area contributed by atoms with Gasteiger partial charge in [0.1, 0.15) is 0 Å². The number of hydrogen-bond acceptors (Lipinski definition) is 0. The maximum absolute atomic E-state index is 6.82. The van der Waals surface area contributed by atoms with Crippen molar-refractivity contribution in [2.45, 2.75) is 96.3 Å². The second kappa shape index (κ2) is 25.8. The summed E-state index contributed by atoms with van der Waals surface area (Å²) in [6.45, 7) is 0. The second-order valence-corrected chi connectivity index (χ2v) is 5.94. The van der Waals surface area contributed by atoms with Gasteiger partial charge < -0.3 is 24.8 Å². The van der Waals surface area contributed by atoms with Crippen LogP contribution < -0.4 is 12.4 Å². The molecule has 0 saturated carbocycles. The summed E-state index contributed by atoms with van der Waals surface area (Å²) in [7, 11) is 0.